The molecule has 0 aliphatic heterocycles. The summed E-state index contributed by atoms with van der Waals surface area (Å²) in [6, 6.07) is 5.72. The van der Waals surface area contributed by atoms with E-state index in [2.05, 4.69) is 17.8 Å². The van der Waals surface area contributed by atoms with Gasteiger partial charge >= 0.3 is 0 Å². The average Bonchev–Trinajstić information content (AvgIpc) is 3.08. The average molecular weight is 177 g/mol. The standard InChI is InChI=1S/C5H5N.C4H8O.C2H2/c1-2-4-6-5-3-1;5-3-4-1-2-4;1-2/h1-5H;4-5H,1-3H2;1-2H. The van der Waals surface area contributed by atoms with E-state index >= 15 is 0 Å². The van der Waals surface area contributed by atoms with Crippen molar-refractivity contribution in [1.82, 2.24) is 4.98 Å². The Bertz CT molecular complexity index is 177. The number of rotatable bonds is 1. The summed E-state index contributed by atoms with van der Waals surface area (Å²) < 4.78 is 0. The first-order valence-corrected chi connectivity index (χ1v) is 4.22. The number of aliphatic hydroxyl groups is 1. The second-order valence-electron chi connectivity index (χ2n) is 2.65. The molecule has 1 fully saturated rings. The van der Waals surface area contributed by atoms with Gasteiger partial charge < -0.3 is 5.11 Å². The minimum atomic E-state index is 0.417. The van der Waals surface area contributed by atoms with Crippen LogP contribution in [0.3, 0.4) is 0 Å². The first-order chi connectivity index (χ1) is 6.43. The lowest BCUT2D eigenvalue weighted by atomic mass is 10.5. The molecule has 1 N–H and O–H groups in total. The van der Waals surface area contributed by atoms with Crippen molar-refractivity contribution < 1.29 is 5.11 Å². The number of hydrogen-bond acceptors (Lipinski definition) is 2. The first kappa shape index (κ1) is 11.7. The molecule has 0 bridgehead atoms. The predicted molar refractivity (Wildman–Crippen MR) is 53.9 cm³/mol. The van der Waals surface area contributed by atoms with Crippen LogP contribution in [0.5, 0.6) is 0 Å². The van der Waals surface area contributed by atoms with Gasteiger partial charge in [0.05, 0.1) is 0 Å². The van der Waals surface area contributed by atoms with Crippen molar-refractivity contribution in [2.24, 2.45) is 5.92 Å². The molecular formula is C11H15NO. The van der Waals surface area contributed by atoms with Gasteiger partial charge in [-0.05, 0) is 30.9 Å². The summed E-state index contributed by atoms with van der Waals surface area (Å²) in [7, 11) is 0. The lowest BCUT2D eigenvalue weighted by Crippen LogP contribution is -1.78. The van der Waals surface area contributed by atoms with E-state index in [1.807, 2.05) is 18.2 Å². The fourth-order valence-corrected chi connectivity index (χ4v) is 0.613. The fourth-order valence-electron chi connectivity index (χ4n) is 0.613. The lowest BCUT2D eigenvalue weighted by Gasteiger charge is -1.73. The highest BCUT2D eigenvalue weighted by Gasteiger charge is 2.18. The number of nitrogens with zero attached hydrogens (tertiary/aromatic N) is 1. The number of pyridine rings is 1. The number of aliphatic hydroxyl groups excluding tert-OH is 1. The predicted octanol–water partition coefficient (Wildman–Crippen LogP) is 1.72. The van der Waals surface area contributed by atoms with Crippen LogP contribution < -0.4 is 0 Å². The van der Waals surface area contributed by atoms with Crippen molar-refractivity contribution in [3.8, 4) is 12.8 Å². The van der Waals surface area contributed by atoms with Crippen LogP contribution in [0.25, 0.3) is 0 Å². The van der Waals surface area contributed by atoms with Gasteiger partial charge in [0.15, 0.2) is 0 Å². The highest BCUT2D eigenvalue weighted by Crippen LogP contribution is 2.27. The fraction of sp³-hybridized carbons (Fsp3) is 0.364. The minimum absolute atomic E-state index is 0.417. The number of terminal acetylenes is 1. The Morgan fingerprint density at radius 2 is 1.69 bits per heavy atom. The summed E-state index contributed by atoms with van der Waals surface area (Å²) in [4.78, 5) is 3.78. The van der Waals surface area contributed by atoms with E-state index in [4.69, 9.17) is 5.11 Å². The number of hydrogen-bond donors (Lipinski definition) is 1. The summed E-state index contributed by atoms with van der Waals surface area (Å²) in [5, 5.41) is 8.21. The zero-order valence-corrected chi connectivity index (χ0v) is 7.63. The summed E-state index contributed by atoms with van der Waals surface area (Å²) in [5.74, 6) is 0.690. The lowest BCUT2D eigenvalue weighted by molar-refractivity contribution is 0.277. The quantitative estimate of drug-likeness (QED) is 0.662. The second-order valence-corrected chi connectivity index (χ2v) is 2.65. The van der Waals surface area contributed by atoms with Crippen LogP contribution in [0.4, 0.5) is 0 Å². The van der Waals surface area contributed by atoms with Crippen LogP contribution in [0.15, 0.2) is 30.6 Å². The van der Waals surface area contributed by atoms with E-state index < -0.39 is 0 Å². The Morgan fingerprint density at radius 3 is 1.77 bits per heavy atom. The van der Waals surface area contributed by atoms with E-state index in [1.165, 1.54) is 12.8 Å². The van der Waals surface area contributed by atoms with Crippen molar-refractivity contribution in [3.05, 3.63) is 30.6 Å². The Labute approximate surface area is 79.6 Å². The molecule has 1 heterocycles. The maximum Gasteiger partial charge on any atom is 0.0459 e. The smallest absolute Gasteiger partial charge is 0.0459 e. The molecule has 2 rings (SSSR count). The van der Waals surface area contributed by atoms with Crippen molar-refractivity contribution >= 4 is 0 Å². The molecule has 1 aromatic heterocycles. The van der Waals surface area contributed by atoms with Crippen LogP contribution in [0.2, 0.25) is 0 Å². The van der Waals surface area contributed by atoms with E-state index in [1.54, 1.807) is 12.4 Å². The molecule has 2 nitrogen and oxygen atoms in total. The van der Waals surface area contributed by atoms with Crippen LogP contribution in [0.1, 0.15) is 12.8 Å². The molecule has 1 aliphatic rings. The highest BCUT2D eigenvalue weighted by molar-refractivity contribution is 4.88. The normalized spacial score (nSPS) is 12.8. The van der Waals surface area contributed by atoms with Crippen LogP contribution in [0, 0.1) is 18.8 Å². The van der Waals surface area contributed by atoms with Crippen LogP contribution in [-0.2, 0) is 0 Å². The van der Waals surface area contributed by atoms with Crippen molar-refractivity contribution in [2.75, 3.05) is 6.61 Å². The molecule has 13 heavy (non-hydrogen) atoms. The van der Waals surface area contributed by atoms with Gasteiger partial charge in [0.2, 0.25) is 0 Å². The number of aromatic nitrogens is 1. The van der Waals surface area contributed by atoms with Crippen molar-refractivity contribution in [3.63, 3.8) is 0 Å². The van der Waals surface area contributed by atoms with E-state index in [0.717, 1.165) is 0 Å². The van der Waals surface area contributed by atoms with E-state index in [9.17, 15) is 0 Å². The van der Waals surface area contributed by atoms with Crippen LogP contribution >= 0.6 is 0 Å². The third-order valence-electron chi connectivity index (χ3n) is 1.52. The topological polar surface area (TPSA) is 33.1 Å². The summed E-state index contributed by atoms with van der Waals surface area (Å²) in [6.45, 7) is 0.417. The Hall–Kier alpha value is -1.33. The molecule has 0 aromatic carbocycles. The monoisotopic (exact) mass is 177 g/mol. The zero-order chi connectivity index (χ0) is 9.94. The Morgan fingerprint density at radius 1 is 1.15 bits per heavy atom. The molecule has 0 unspecified atom stereocenters. The van der Waals surface area contributed by atoms with Crippen molar-refractivity contribution in [2.45, 2.75) is 12.8 Å². The molecule has 2 heteroatoms. The molecule has 0 amide bonds. The van der Waals surface area contributed by atoms with Gasteiger partial charge in [-0.1, -0.05) is 6.07 Å². The maximum absolute atomic E-state index is 8.21. The molecule has 0 atom stereocenters. The molecule has 1 aromatic rings. The molecule has 0 radical (unpaired) electrons. The van der Waals surface area contributed by atoms with Gasteiger partial charge in [-0.15, -0.1) is 12.8 Å². The third kappa shape index (κ3) is 8.58. The summed E-state index contributed by atoms with van der Waals surface area (Å²) in [5.41, 5.74) is 0. The Balaban J connectivity index is 0.000000189. The van der Waals surface area contributed by atoms with Crippen molar-refractivity contribution in [1.29, 1.82) is 0 Å². The third-order valence-corrected chi connectivity index (χ3v) is 1.52. The van der Waals surface area contributed by atoms with Gasteiger partial charge in [-0.2, -0.15) is 0 Å². The molecule has 1 aliphatic carbocycles. The second kappa shape index (κ2) is 8.76. The van der Waals surface area contributed by atoms with E-state index in [-0.39, 0.29) is 0 Å². The summed E-state index contributed by atoms with van der Waals surface area (Å²) in [6.07, 6.45) is 14.0. The van der Waals surface area contributed by atoms with Crippen LogP contribution in [-0.4, -0.2) is 16.7 Å². The first-order valence-electron chi connectivity index (χ1n) is 4.22. The van der Waals surface area contributed by atoms with Gasteiger partial charge in [-0.3, -0.25) is 4.98 Å². The van der Waals surface area contributed by atoms with Gasteiger partial charge in [-0.25, -0.2) is 0 Å². The van der Waals surface area contributed by atoms with Gasteiger partial charge in [0.25, 0.3) is 0 Å². The Kier molecular flexibility index (Phi) is 7.87. The molecule has 1 saturated carbocycles. The maximum atomic E-state index is 8.21. The molecule has 70 valence electrons. The SMILES string of the molecule is C#C.OCC1CC1.c1ccncc1. The molecule has 0 spiro atoms. The highest BCUT2D eigenvalue weighted by atomic mass is 16.3. The zero-order valence-electron chi connectivity index (χ0n) is 7.63. The van der Waals surface area contributed by atoms with E-state index in [0.29, 0.717) is 12.5 Å². The molecular weight excluding hydrogens is 162 g/mol. The van der Waals surface area contributed by atoms with Gasteiger partial charge in [0.1, 0.15) is 0 Å². The largest absolute Gasteiger partial charge is 0.396 e. The van der Waals surface area contributed by atoms with Gasteiger partial charge in [0, 0.05) is 19.0 Å². The summed E-state index contributed by atoms with van der Waals surface area (Å²) >= 11 is 0. The minimum Gasteiger partial charge on any atom is -0.396 e. The molecule has 0 saturated heterocycles.